The summed E-state index contributed by atoms with van der Waals surface area (Å²) in [6, 6.07) is 12.2. The van der Waals surface area contributed by atoms with Gasteiger partial charge in [-0.2, -0.15) is 0 Å². The molecule has 1 fully saturated rings. The van der Waals surface area contributed by atoms with Crippen LogP contribution in [-0.2, 0) is 6.54 Å². The molecule has 1 aliphatic rings. The monoisotopic (exact) mass is 283 g/mol. The fourth-order valence-corrected chi connectivity index (χ4v) is 2.81. The van der Waals surface area contributed by atoms with Gasteiger partial charge in [0.05, 0.1) is 0 Å². The van der Waals surface area contributed by atoms with Crippen molar-refractivity contribution in [1.29, 1.82) is 0 Å². The molecule has 21 heavy (non-hydrogen) atoms. The third-order valence-corrected chi connectivity index (χ3v) is 4.10. The molecule has 4 nitrogen and oxygen atoms in total. The van der Waals surface area contributed by atoms with E-state index in [1.807, 2.05) is 30.6 Å². The first-order valence-corrected chi connectivity index (χ1v) is 7.48. The predicted molar refractivity (Wildman–Crippen MR) is 84.4 cm³/mol. The average molecular weight is 283 g/mol. The zero-order valence-electron chi connectivity index (χ0n) is 12.1. The molecule has 0 amide bonds. The standard InChI is InChI=1S/C17H21N3O/c21-17-4-2-1-3-14(17)13-19-15-7-11-20(12-8-15)16-5-9-18-10-6-16/h1-6,9-10,15,19,21H,7-8,11-13H2. The summed E-state index contributed by atoms with van der Waals surface area (Å²) in [5.41, 5.74) is 2.22. The summed E-state index contributed by atoms with van der Waals surface area (Å²) >= 11 is 0. The Labute approximate surface area is 125 Å². The van der Waals surface area contributed by atoms with Gasteiger partial charge in [-0.05, 0) is 31.0 Å². The lowest BCUT2D eigenvalue weighted by Crippen LogP contribution is -2.42. The van der Waals surface area contributed by atoms with E-state index in [0.29, 0.717) is 11.8 Å². The quantitative estimate of drug-likeness (QED) is 0.905. The van der Waals surface area contributed by atoms with Gasteiger partial charge >= 0.3 is 0 Å². The van der Waals surface area contributed by atoms with Gasteiger partial charge in [-0.1, -0.05) is 18.2 Å². The van der Waals surface area contributed by atoms with Crippen LogP contribution < -0.4 is 10.2 Å². The number of phenolic OH excluding ortho intramolecular Hbond substituents is 1. The Morgan fingerprint density at radius 3 is 2.52 bits per heavy atom. The number of phenols is 1. The number of benzene rings is 1. The predicted octanol–water partition coefficient (Wildman–Crippen LogP) is 2.55. The van der Waals surface area contributed by atoms with Crippen LogP contribution in [0.5, 0.6) is 5.75 Å². The number of aromatic hydroxyl groups is 1. The summed E-state index contributed by atoms with van der Waals surface area (Å²) < 4.78 is 0. The highest BCUT2D eigenvalue weighted by molar-refractivity contribution is 5.44. The van der Waals surface area contributed by atoms with E-state index in [1.54, 1.807) is 6.07 Å². The van der Waals surface area contributed by atoms with E-state index in [4.69, 9.17) is 0 Å². The van der Waals surface area contributed by atoms with Crippen molar-refractivity contribution in [3.63, 3.8) is 0 Å². The molecule has 1 aromatic heterocycles. The summed E-state index contributed by atoms with van der Waals surface area (Å²) in [6.07, 6.45) is 5.93. The number of rotatable bonds is 4. The van der Waals surface area contributed by atoms with Crippen molar-refractivity contribution in [3.05, 3.63) is 54.4 Å². The largest absolute Gasteiger partial charge is 0.508 e. The Kier molecular flexibility index (Phi) is 4.36. The van der Waals surface area contributed by atoms with Gasteiger partial charge in [0.2, 0.25) is 0 Å². The fourth-order valence-electron chi connectivity index (χ4n) is 2.81. The molecule has 2 N–H and O–H groups in total. The first-order valence-electron chi connectivity index (χ1n) is 7.48. The Balaban J connectivity index is 1.49. The Bertz CT molecular complexity index is 565. The molecular weight excluding hydrogens is 262 g/mol. The number of hydrogen-bond donors (Lipinski definition) is 2. The second-order valence-electron chi connectivity index (χ2n) is 5.48. The minimum Gasteiger partial charge on any atom is -0.508 e. The van der Waals surface area contributed by atoms with Gasteiger partial charge in [-0.15, -0.1) is 0 Å². The molecule has 0 bridgehead atoms. The van der Waals surface area contributed by atoms with Gasteiger partial charge in [0.15, 0.2) is 0 Å². The number of nitrogens with one attached hydrogen (secondary N) is 1. The molecule has 0 spiro atoms. The van der Waals surface area contributed by atoms with Crippen LogP contribution in [0.3, 0.4) is 0 Å². The Morgan fingerprint density at radius 1 is 1.10 bits per heavy atom. The van der Waals surface area contributed by atoms with E-state index in [1.165, 1.54) is 5.69 Å². The zero-order valence-corrected chi connectivity index (χ0v) is 12.1. The normalized spacial score (nSPS) is 16.1. The van der Waals surface area contributed by atoms with E-state index < -0.39 is 0 Å². The summed E-state index contributed by atoms with van der Waals surface area (Å²) in [4.78, 5) is 6.47. The molecule has 0 saturated carbocycles. The molecule has 1 aromatic carbocycles. The lowest BCUT2D eigenvalue weighted by Gasteiger charge is -2.34. The molecule has 1 saturated heterocycles. The molecule has 3 rings (SSSR count). The van der Waals surface area contributed by atoms with Crippen LogP contribution in [0.2, 0.25) is 0 Å². The number of nitrogens with zero attached hydrogens (tertiary/aromatic N) is 2. The lowest BCUT2D eigenvalue weighted by molar-refractivity contribution is 0.406. The topological polar surface area (TPSA) is 48.4 Å². The number of para-hydroxylation sites is 1. The first-order chi connectivity index (χ1) is 10.3. The van der Waals surface area contributed by atoms with Crippen molar-refractivity contribution < 1.29 is 5.11 Å². The van der Waals surface area contributed by atoms with Crippen LogP contribution in [0.1, 0.15) is 18.4 Å². The highest BCUT2D eigenvalue weighted by Crippen LogP contribution is 2.20. The lowest BCUT2D eigenvalue weighted by atomic mass is 10.0. The van der Waals surface area contributed by atoms with Gasteiger partial charge in [-0.25, -0.2) is 0 Å². The molecule has 0 atom stereocenters. The van der Waals surface area contributed by atoms with Crippen LogP contribution in [0.15, 0.2) is 48.8 Å². The van der Waals surface area contributed by atoms with Gasteiger partial charge < -0.3 is 15.3 Å². The van der Waals surface area contributed by atoms with E-state index in [0.717, 1.165) is 38.0 Å². The fraction of sp³-hybridized carbons (Fsp3) is 0.353. The molecule has 0 aliphatic carbocycles. The van der Waals surface area contributed by atoms with Crippen LogP contribution in [-0.4, -0.2) is 29.2 Å². The van der Waals surface area contributed by atoms with E-state index in [9.17, 15) is 5.11 Å². The molecule has 110 valence electrons. The van der Waals surface area contributed by atoms with E-state index >= 15 is 0 Å². The number of hydrogen-bond acceptors (Lipinski definition) is 4. The molecule has 0 radical (unpaired) electrons. The van der Waals surface area contributed by atoms with Crippen molar-refractivity contribution in [2.75, 3.05) is 18.0 Å². The van der Waals surface area contributed by atoms with Crippen molar-refractivity contribution in [1.82, 2.24) is 10.3 Å². The second-order valence-corrected chi connectivity index (χ2v) is 5.48. The van der Waals surface area contributed by atoms with Gasteiger partial charge in [-0.3, -0.25) is 4.98 Å². The van der Waals surface area contributed by atoms with Crippen molar-refractivity contribution in [3.8, 4) is 5.75 Å². The number of aromatic nitrogens is 1. The summed E-state index contributed by atoms with van der Waals surface area (Å²) in [7, 11) is 0. The molecule has 2 aromatic rings. The molecule has 1 aliphatic heterocycles. The van der Waals surface area contributed by atoms with Gasteiger partial charge in [0.1, 0.15) is 5.75 Å². The SMILES string of the molecule is Oc1ccccc1CNC1CCN(c2ccncc2)CC1. The van der Waals surface area contributed by atoms with Crippen LogP contribution >= 0.6 is 0 Å². The summed E-state index contributed by atoms with van der Waals surface area (Å²) in [5, 5.41) is 13.3. The van der Waals surface area contributed by atoms with Crippen molar-refractivity contribution >= 4 is 5.69 Å². The summed E-state index contributed by atoms with van der Waals surface area (Å²) in [5.74, 6) is 0.374. The van der Waals surface area contributed by atoms with Crippen LogP contribution in [0.25, 0.3) is 0 Å². The van der Waals surface area contributed by atoms with Crippen LogP contribution in [0, 0.1) is 0 Å². The number of anilines is 1. The zero-order chi connectivity index (χ0) is 14.5. The Hall–Kier alpha value is -2.07. The van der Waals surface area contributed by atoms with Crippen molar-refractivity contribution in [2.24, 2.45) is 0 Å². The highest BCUT2D eigenvalue weighted by atomic mass is 16.3. The maximum absolute atomic E-state index is 9.78. The highest BCUT2D eigenvalue weighted by Gasteiger charge is 2.19. The first kappa shape index (κ1) is 13.9. The van der Waals surface area contributed by atoms with Gasteiger partial charge in [0, 0.05) is 49.3 Å². The molecular formula is C17H21N3O. The smallest absolute Gasteiger partial charge is 0.120 e. The maximum atomic E-state index is 9.78. The third kappa shape index (κ3) is 3.52. The molecule has 4 heteroatoms. The maximum Gasteiger partial charge on any atom is 0.120 e. The minimum atomic E-state index is 0.374. The Morgan fingerprint density at radius 2 is 1.81 bits per heavy atom. The average Bonchev–Trinajstić information content (AvgIpc) is 2.55. The minimum absolute atomic E-state index is 0.374. The number of pyridine rings is 1. The van der Waals surface area contributed by atoms with E-state index in [-0.39, 0.29) is 0 Å². The summed E-state index contributed by atoms with van der Waals surface area (Å²) in [6.45, 7) is 2.84. The van der Waals surface area contributed by atoms with Crippen LogP contribution in [0.4, 0.5) is 5.69 Å². The molecule has 0 unspecified atom stereocenters. The number of piperidine rings is 1. The third-order valence-electron chi connectivity index (χ3n) is 4.10. The second kappa shape index (κ2) is 6.59. The van der Waals surface area contributed by atoms with Crippen molar-refractivity contribution in [2.45, 2.75) is 25.4 Å². The van der Waals surface area contributed by atoms with E-state index in [2.05, 4.69) is 27.3 Å². The molecule has 2 heterocycles. The van der Waals surface area contributed by atoms with Gasteiger partial charge in [0.25, 0.3) is 0 Å².